The molecule has 2 fully saturated rings. The summed E-state index contributed by atoms with van der Waals surface area (Å²) < 4.78 is 5.81. The van der Waals surface area contributed by atoms with Crippen LogP contribution in [0, 0.1) is 11.8 Å². The molecule has 0 radical (unpaired) electrons. The first-order chi connectivity index (χ1) is 13.2. The van der Waals surface area contributed by atoms with E-state index in [0.29, 0.717) is 30.9 Å². The van der Waals surface area contributed by atoms with E-state index in [2.05, 4.69) is 34.4 Å². The molecule has 3 atom stereocenters. The van der Waals surface area contributed by atoms with Gasteiger partial charge in [-0.05, 0) is 61.6 Å². The molecule has 0 unspecified atom stereocenters. The van der Waals surface area contributed by atoms with Crippen LogP contribution in [0.1, 0.15) is 30.5 Å². The molecule has 142 valence electrons. The van der Waals surface area contributed by atoms with Crippen molar-refractivity contribution in [1.82, 2.24) is 15.2 Å². The maximum Gasteiger partial charge on any atom is 0.220 e. The molecule has 1 N–H and O–H groups in total. The molecule has 0 bridgehead atoms. The van der Waals surface area contributed by atoms with Gasteiger partial charge in [-0.2, -0.15) is 0 Å². The largest absolute Gasteiger partial charge is 0.487 e. The van der Waals surface area contributed by atoms with E-state index in [0.717, 1.165) is 31.0 Å². The van der Waals surface area contributed by atoms with Gasteiger partial charge in [0.15, 0.2) is 0 Å². The first-order valence-corrected chi connectivity index (χ1v) is 9.76. The van der Waals surface area contributed by atoms with Crippen molar-refractivity contribution >= 4 is 5.91 Å². The number of carbonyl (C=O) groups is 1. The molecule has 5 heteroatoms. The van der Waals surface area contributed by atoms with Gasteiger partial charge < -0.3 is 10.1 Å². The summed E-state index contributed by atoms with van der Waals surface area (Å²) in [6.45, 7) is 2.26. The van der Waals surface area contributed by atoms with Crippen LogP contribution in [0.15, 0.2) is 48.7 Å². The highest BCUT2D eigenvalue weighted by Gasteiger charge is 2.39. The number of piperidine rings is 1. The number of benzene rings is 1. The van der Waals surface area contributed by atoms with E-state index in [1.807, 2.05) is 30.3 Å². The van der Waals surface area contributed by atoms with Crippen LogP contribution < -0.4 is 10.1 Å². The van der Waals surface area contributed by atoms with Crippen LogP contribution in [0.2, 0.25) is 0 Å². The molecule has 1 aromatic heterocycles. The Labute approximate surface area is 160 Å². The highest BCUT2D eigenvalue weighted by atomic mass is 16.5. The Kier molecular flexibility index (Phi) is 5.39. The summed E-state index contributed by atoms with van der Waals surface area (Å²) in [7, 11) is 2.20. The second-order valence-electron chi connectivity index (χ2n) is 7.82. The van der Waals surface area contributed by atoms with Gasteiger partial charge in [0.1, 0.15) is 12.4 Å². The molecule has 1 saturated carbocycles. The molecule has 1 amide bonds. The summed E-state index contributed by atoms with van der Waals surface area (Å²) in [5.74, 6) is 2.30. The van der Waals surface area contributed by atoms with Crippen LogP contribution in [0.3, 0.4) is 0 Å². The molecule has 2 heterocycles. The average molecular weight is 365 g/mol. The minimum Gasteiger partial charge on any atom is -0.487 e. The summed E-state index contributed by atoms with van der Waals surface area (Å²) in [5.41, 5.74) is 2.21. The number of nitrogens with one attached hydrogen (secondary N) is 1. The third kappa shape index (κ3) is 4.48. The van der Waals surface area contributed by atoms with Crippen LogP contribution in [0.5, 0.6) is 5.75 Å². The van der Waals surface area contributed by atoms with Crippen LogP contribution in [-0.2, 0) is 17.9 Å². The standard InChI is InChI=1S/C22H27N3O2/c1-25(20-10-17-12-22(26)24-13-18(17)11-20)14-16-5-7-21(8-6-16)27-15-19-4-2-3-9-23-19/h2-9,17-18,20H,10-15H2,1H3,(H,24,26)/t17-,18+,20-/m1/s1. The van der Waals surface area contributed by atoms with Crippen molar-refractivity contribution < 1.29 is 9.53 Å². The van der Waals surface area contributed by atoms with Gasteiger partial charge in [0.25, 0.3) is 0 Å². The Bertz CT molecular complexity index is 763. The van der Waals surface area contributed by atoms with Gasteiger partial charge in [0, 0.05) is 31.7 Å². The fraction of sp³-hybridized carbons (Fsp3) is 0.455. The number of hydrogen-bond acceptors (Lipinski definition) is 4. The fourth-order valence-corrected chi connectivity index (χ4v) is 4.34. The molecule has 1 aliphatic carbocycles. The highest BCUT2D eigenvalue weighted by Crippen LogP contribution is 2.38. The molecule has 1 aliphatic heterocycles. The molecule has 4 rings (SSSR count). The third-order valence-corrected chi connectivity index (χ3v) is 5.92. The van der Waals surface area contributed by atoms with Crippen molar-refractivity contribution in [2.75, 3.05) is 13.6 Å². The Hall–Kier alpha value is -2.40. The first kappa shape index (κ1) is 18.0. The molecule has 2 aromatic rings. The van der Waals surface area contributed by atoms with Crippen molar-refractivity contribution in [3.63, 3.8) is 0 Å². The summed E-state index contributed by atoms with van der Waals surface area (Å²) >= 11 is 0. The summed E-state index contributed by atoms with van der Waals surface area (Å²) in [6.07, 6.45) is 4.81. The van der Waals surface area contributed by atoms with E-state index in [-0.39, 0.29) is 5.91 Å². The first-order valence-electron chi connectivity index (χ1n) is 9.76. The second-order valence-corrected chi connectivity index (χ2v) is 7.82. The van der Waals surface area contributed by atoms with E-state index in [4.69, 9.17) is 4.74 Å². The highest BCUT2D eigenvalue weighted by molar-refractivity contribution is 5.77. The number of rotatable bonds is 6. The van der Waals surface area contributed by atoms with Gasteiger partial charge in [0.2, 0.25) is 5.91 Å². The summed E-state index contributed by atoms with van der Waals surface area (Å²) in [5, 5.41) is 3.02. The molecular formula is C22H27N3O2. The van der Waals surface area contributed by atoms with Crippen molar-refractivity contribution in [2.45, 2.75) is 38.5 Å². The minimum atomic E-state index is 0.223. The lowest BCUT2D eigenvalue weighted by molar-refractivity contribution is -0.124. The van der Waals surface area contributed by atoms with Gasteiger partial charge in [-0.3, -0.25) is 14.7 Å². The number of aromatic nitrogens is 1. The normalized spacial score (nSPS) is 24.5. The molecule has 1 saturated heterocycles. The number of hydrogen-bond donors (Lipinski definition) is 1. The number of nitrogens with zero attached hydrogens (tertiary/aromatic N) is 2. The fourth-order valence-electron chi connectivity index (χ4n) is 4.34. The summed E-state index contributed by atoms with van der Waals surface area (Å²) in [6, 6.07) is 14.7. The molecule has 2 aliphatic rings. The van der Waals surface area contributed by atoms with Crippen LogP contribution in [0.4, 0.5) is 0 Å². The van der Waals surface area contributed by atoms with Crippen molar-refractivity contribution in [3.05, 3.63) is 59.9 Å². The number of fused-ring (bicyclic) bond motifs is 1. The average Bonchev–Trinajstić information content (AvgIpc) is 3.11. The van der Waals surface area contributed by atoms with Gasteiger partial charge in [-0.1, -0.05) is 18.2 Å². The lowest BCUT2D eigenvalue weighted by atomic mass is 9.89. The molecular weight excluding hydrogens is 338 g/mol. The predicted molar refractivity (Wildman–Crippen MR) is 104 cm³/mol. The smallest absolute Gasteiger partial charge is 0.220 e. The number of pyridine rings is 1. The molecule has 1 aromatic carbocycles. The Morgan fingerprint density at radius 1 is 1.15 bits per heavy atom. The van der Waals surface area contributed by atoms with E-state index in [1.165, 1.54) is 12.0 Å². The molecule has 5 nitrogen and oxygen atoms in total. The predicted octanol–water partition coefficient (Wildman–Crippen LogP) is 3.01. The van der Waals surface area contributed by atoms with Gasteiger partial charge >= 0.3 is 0 Å². The van der Waals surface area contributed by atoms with E-state index in [1.54, 1.807) is 6.20 Å². The Morgan fingerprint density at radius 3 is 2.74 bits per heavy atom. The van der Waals surface area contributed by atoms with Gasteiger partial charge in [0.05, 0.1) is 5.69 Å². The van der Waals surface area contributed by atoms with E-state index < -0.39 is 0 Å². The van der Waals surface area contributed by atoms with E-state index in [9.17, 15) is 4.79 Å². The zero-order valence-electron chi connectivity index (χ0n) is 15.8. The zero-order chi connectivity index (χ0) is 18.6. The Morgan fingerprint density at radius 2 is 1.96 bits per heavy atom. The third-order valence-electron chi connectivity index (χ3n) is 5.92. The molecule has 0 spiro atoms. The lowest BCUT2D eigenvalue weighted by Gasteiger charge is -2.24. The maximum atomic E-state index is 11.6. The Balaban J connectivity index is 1.28. The van der Waals surface area contributed by atoms with Gasteiger partial charge in [-0.15, -0.1) is 0 Å². The van der Waals surface area contributed by atoms with Crippen molar-refractivity contribution in [2.24, 2.45) is 11.8 Å². The molecule has 27 heavy (non-hydrogen) atoms. The number of ether oxygens (including phenoxy) is 1. The topological polar surface area (TPSA) is 54.5 Å². The van der Waals surface area contributed by atoms with Crippen molar-refractivity contribution in [1.29, 1.82) is 0 Å². The quantitative estimate of drug-likeness (QED) is 0.855. The maximum absolute atomic E-state index is 11.6. The van der Waals surface area contributed by atoms with Crippen LogP contribution in [0.25, 0.3) is 0 Å². The zero-order valence-corrected chi connectivity index (χ0v) is 15.8. The lowest BCUT2D eigenvalue weighted by Crippen LogP contribution is -2.38. The van der Waals surface area contributed by atoms with Crippen LogP contribution >= 0.6 is 0 Å². The monoisotopic (exact) mass is 365 g/mol. The SMILES string of the molecule is CN(Cc1ccc(OCc2ccccn2)cc1)[C@H]1C[C@H]2CNC(=O)C[C@H]2C1. The van der Waals surface area contributed by atoms with Crippen molar-refractivity contribution in [3.8, 4) is 5.75 Å². The number of carbonyl (C=O) groups excluding carboxylic acids is 1. The minimum absolute atomic E-state index is 0.223. The summed E-state index contributed by atoms with van der Waals surface area (Å²) in [4.78, 5) is 18.3. The van der Waals surface area contributed by atoms with Crippen LogP contribution in [-0.4, -0.2) is 35.4 Å². The second kappa shape index (κ2) is 8.09. The van der Waals surface area contributed by atoms with Gasteiger partial charge in [-0.25, -0.2) is 0 Å². The number of amides is 1. The van der Waals surface area contributed by atoms with E-state index >= 15 is 0 Å².